The third-order valence-corrected chi connectivity index (χ3v) is 5.47. The summed E-state index contributed by atoms with van der Waals surface area (Å²) in [6.45, 7) is 3.50. The second-order valence-corrected chi connectivity index (χ2v) is 7.24. The highest BCUT2D eigenvalue weighted by Gasteiger charge is 2.39. The highest BCUT2D eigenvalue weighted by Crippen LogP contribution is 2.28. The van der Waals surface area contributed by atoms with E-state index in [0.29, 0.717) is 25.4 Å². The van der Waals surface area contributed by atoms with Crippen LogP contribution in [-0.4, -0.2) is 54.5 Å². The summed E-state index contributed by atoms with van der Waals surface area (Å²) in [5.74, 6) is 0.546. The lowest BCUT2D eigenvalue weighted by Gasteiger charge is -2.41. The molecule has 1 aromatic carbocycles. The summed E-state index contributed by atoms with van der Waals surface area (Å²) in [6, 6.07) is 4.59. The van der Waals surface area contributed by atoms with Gasteiger partial charge in [-0.1, -0.05) is 19.3 Å². The fraction of sp³-hybridized carbons (Fsp3) is 0.632. The lowest BCUT2D eigenvalue weighted by Crippen LogP contribution is -2.60. The van der Waals surface area contributed by atoms with E-state index < -0.39 is 5.54 Å². The van der Waals surface area contributed by atoms with E-state index in [-0.39, 0.29) is 11.7 Å². The SMILES string of the molecule is COc1ccc(F)cc1CN1CCN(C(=O)C2(N)CCCCC2)CC1. The zero-order valence-electron chi connectivity index (χ0n) is 15.0. The van der Waals surface area contributed by atoms with Crippen LogP contribution in [0, 0.1) is 5.82 Å². The van der Waals surface area contributed by atoms with Crippen LogP contribution in [0.5, 0.6) is 5.75 Å². The van der Waals surface area contributed by atoms with Crippen molar-refractivity contribution < 1.29 is 13.9 Å². The molecule has 0 atom stereocenters. The molecule has 1 heterocycles. The first-order chi connectivity index (χ1) is 12.0. The normalized spacial score (nSPS) is 21.2. The number of benzene rings is 1. The summed E-state index contributed by atoms with van der Waals surface area (Å²) in [7, 11) is 1.60. The number of methoxy groups -OCH3 is 1. The highest BCUT2D eigenvalue weighted by molar-refractivity contribution is 5.86. The lowest BCUT2D eigenvalue weighted by atomic mass is 9.81. The van der Waals surface area contributed by atoms with Crippen molar-refractivity contribution in [1.82, 2.24) is 9.80 Å². The minimum atomic E-state index is -0.661. The third-order valence-electron chi connectivity index (χ3n) is 5.47. The molecule has 5 nitrogen and oxygen atoms in total. The van der Waals surface area contributed by atoms with Crippen LogP contribution < -0.4 is 10.5 Å². The smallest absolute Gasteiger partial charge is 0.242 e. The lowest BCUT2D eigenvalue weighted by molar-refractivity contribution is -0.140. The molecular weight excluding hydrogens is 321 g/mol. The highest BCUT2D eigenvalue weighted by atomic mass is 19.1. The maximum Gasteiger partial charge on any atom is 0.242 e. The number of carbonyl (C=O) groups excluding carboxylic acids is 1. The molecule has 0 aromatic heterocycles. The number of ether oxygens (including phenoxy) is 1. The molecule has 1 aromatic rings. The third kappa shape index (κ3) is 4.12. The molecule has 1 amide bonds. The average molecular weight is 349 g/mol. The summed E-state index contributed by atoms with van der Waals surface area (Å²) < 4.78 is 18.8. The Hall–Kier alpha value is -1.66. The maximum absolute atomic E-state index is 13.5. The van der Waals surface area contributed by atoms with Crippen molar-refractivity contribution >= 4 is 5.91 Å². The molecule has 1 saturated carbocycles. The Morgan fingerprint density at radius 1 is 1.20 bits per heavy atom. The van der Waals surface area contributed by atoms with Crippen LogP contribution in [-0.2, 0) is 11.3 Å². The van der Waals surface area contributed by atoms with Crippen molar-refractivity contribution in [1.29, 1.82) is 0 Å². The predicted octanol–water partition coefficient (Wildman–Crippen LogP) is 2.14. The van der Waals surface area contributed by atoms with Gasteiger partial charge in [0, 0.05) is 38.3 Å². The van der Waals surface area contributed by atoms with Crippen LogP contribution in [0.25, 0.3) is 0 Å². The number of carbonyl (C=O) groups is 1. The van der Waals surface area contributed by atoms with E-state index in [1.54, 1.807) is 13.2 Å². The molecule has 0 unspecified atom stereocenters. The first-order valence-corrected chi connectivity index (χ1v) is 9.15. The van der Waals surface area contributed by atoms with Gasteiger partial charge in [0.25, 0.3) is 0 Å². The second-order valence-electron chi connectivity index (χ2n) is 7.24. The molecule has 3 rings (SSSR count). The van der Waals surface area contributed by atoms with Crippen LogP contribution in [0.4, 0.5) is 4.39 Å². The van der Waals surface area contributed by atoms with E-state index in [2.05, 4.69) is 4.90 Å². The Bertz CT molecular complexity index is 609. The van der Waals surface area contributed by atoms with Crippen LogP contribution in [0.15, 0.2) is 18.2 Å². The first kappa shape index (κ1) is 18.1. The van der Waals surface area contributed by atoms with Crippen molar-refractivity contribution in [3.63, 3.8) is 0 Å². The Morgan fingerprint density at radius 3 is 2.52 bits per heavy atom. The summed E-state index contributed by atoms with van der Waals surface area (Å²) in [5, 5.41) is 0. The van der Waals surface area contributed by atoms with Crippen LogP contribution in [0.2, 0.25) is 0 Å². The number of nitrogens with two attached hydrogens (primary N) is 1. The molecule has 1 saturated heterocycles. The number of hydrogen-bond donors (Lipinski definition) is 1. The van der Waals surface area contributed by atoms with Crippen LogP contribution in [0.3, 0.4) is 0 Å². The molecule has 0 spiro atoms. The van der Waals surface area contributed by atoms with E-state index >= 15 is 0 Å². The number of halogens is 1. The standard InChI is InChI=1S/C19H28FN3O2/c1-25-17-6-5-16(20)13-15(17)14-22-9-11-23(12-10-22)18(24)19(21)7-3-2-4-8-19/h5-6,13H,2-4,7-12,14,21H2,1H3. The quantitative estimate of drug-likeness (QED) is 0.905. The molecule has 2 aliphatic rings. The van der Waals surface area contributed by atoms with Crippen molar-refractivity contribution in [2.75, 3.05) is 33.3 Å². The number of rotatable bonds is 4. The minimum absolute atomic E-state index is 0.107. The van der Waals surface area contributed by atoms with Gasteiger partial charge in [0.2, 0.25) is 5.91 Å². The van der Waals surface area contributed by atoms with Gasteiger partial charge in [0.05, 0.1) is 12.6 Å². The molecule has 138 valence electrons. The number of hydrogen-bond acceptors (Lipinski definition) is 4. The first-order valence-electron chi connectivity index (χ1n) is 9.15. The molecule has 0 radical (unpaired) electrons. The van der Waals surface area contributed by atoms with Crippen molar-refractivity contribution in [2.45, 2.75) is 44.2 Å². The zero-order chi connectivity index (χ0) is 17.9. The van der Waals surface area contributed by atoms with Gasteiger partial charge in [-0.2, -0.15) is 0 Å². The minimum Gasteiger partial charge on any atom is -0.496 e. The molecule has 2 fully saturated rings. The number of nitrogens with zero attached hydrogens (tertiary/aromatic N) is 2. The van der Waals surface area contributed by atoms with Crippen molar-refractivity contribution in [3.8, 4) is 5.75 Å². The van der Waals surface area contributed by atoms with Crippen LogP contribution in [0.1, 0.15) is 37.7 Å². The molecule has 1 aliphatic carbocycles. The van der Waals surface area contributed by atoms with Crippen molar-refractivity contribution in [2.24, 2.45) is 5.73 Å². The van der Waals surface area contributed by atoms with E-state index in [1.807, 2.05) is 4.90 Å². The van der Waals surface area contributed by atoms with Gasteiger partial charge in [-0.05, 0) is 31.0 Å². The van der Waals surface area contributed by atoms with Crippen molar-refractivity contribution in [3.05, 3.63) is 29.6 Å². The second kappa shape index (κ2) is 7.70. The molecule has 25 heavy (non-hydrogen) atoms. The van der Waals surface area contributed by atoms with Gasteiger partial charge in [-0.15, -0.1) is 0 Å². The van der Waals surface area contributed by atoms with Gasteiger partial charge in [0.15, 0.2) is 0 Å². The molecule has 6 heteroatoms. The average Bonchev–Trinajstić information content (AvgIpc) is 2.63. The van der Waals surface area contributed by atoms with Gasteiger partial charge < -0.3 is 15.4 Å². The van der Waals surface area contributed by atoms with Gasteiger partial charge in [-0.25, -0.2) is 4.39 Å². The fourth-order valence-corrected chi connectivity index (χ4v) is 3.93. The largest absolute Gasteiger partial charge is 0.496 e. The Kier molecular flexibility index (Phi) is 5.59. The summed E-state index contributed by atoms with van der Waals surface area (Å²) in [5.41, 5.74) is 6.56. The summed E-state index contributed by atoms with van der Waals surface area (Å²) in [4.78, 5) is 16.9. The molecule has 0 bridgehead atoms. The Morgan fingerprint density at radius 2 is 1.88 bits per heavy atom. The Balaban J connectivity index is 1.57. The van der Waals surface area contributed by atoms with E-state index in [9.17, 15) is 9.18 Å². The zero-order valence-corrected chi connectivity index (χ0v) is 15.0. The summed E-state index contributed by atoms with van der Waals surface area (Å²) in [6.07, 6.45) is 4.86. The monoisotopic (exact) mass is 349 g/mol. The van der Waals surface area contributed by atoms with E-state index in [0.717, 1.165) is 44.3 Å². The van der Waals surface area contributed by atoms with E-state index in [1.165, 1.54) is 18.6 Å². The number of piperazine rings is 1. The number of amides is 1. The topological polar surface area (TPSA) is 58.8 Å². The van der Waals surface area contributed by atoms with Gasteiger partial charge in [0.1, 0.15) is 11.6 Å². The molecule has 2 N–H and O–H groups in total. The molecule has 1 aliphatic heterocycles. The van der Waals surface area contributed by atoms with E-state index in [4.69, 9.17) is 10.5 Å². The predicted molar refractivity (Wildman–Crippen MR) is 94.8 cm³/mol. The maximum atomic E-state index is 13.5. The summed E-state index contributed by atoms with van der Waals surface area (Å²) >= 11 is 0. The van der Waals surface area contributed by atoms with Gasteiger partial charge in [-0.3, -0.25) is 9.69 Å². The van der Waals surface area contributed by atoms with Gasteiger partial charge >= 0.3 is 0 Å². The fourth-order valence-electron chi connectivity index (χ4n) is 3.93. The van der Waals surface area contributed by atoms with Crippen LogP contribution >= 0.6 is 0 Å². The molecular formula is C19H28FN3O2. The Labute approximate surface area is 148 Å².